The molecule has 3 atom stereocenters. The SMILES string of the molecule is COc1ccc2nccc([C@H](O)CC[C@@H]3CCN(CCCCc4cccs4)C[C@@H]3CC(=O)O)c2c1. The summed E-state index contributed by atoms with van der Waals surface area (Å²) in [6.07, 6.45) is 7.16. The van der Waals surface area contributed by atoms with Crippen LogP contribution in [0, 0.1) is 11.8 Å². The van der Waals surface area contributed by atoms with Crippen LogP contribution in [0.1, 0.15) is 55.1 Å². The van der Waals surface area contributed by atoms with E-state index < -0.39 is 12.1 Å². The van der Waals surface area contributed by atoms with Crippen molar-refractivity contribution in [1.82, 2.24) is 9.88 Å². The maximum absolute atomic E-state index is 11.6. The van der Waals surface area contributed by atoms with Gasteiger partial charge < -0.3 is 19.8 Å². The van der Waals surface area contributed by atoms with Crippen molar-refractivity contribution in [3.63, 3.8) is 0 Å². The molecule has 3 heterocycles. The van der Waals surface area contributed by atoms with Crippen molar-refractivity contribution in [2.24, 2.45) is 11.8 Å². The number of likely N-dealkylation sites (tertiary alicyclic amines) is 1. The van der Waals surface area contributed by atoms with Crippen molar-refractivity contribution in [3.05, 3.63) is 58.4 Å². The summed E-state index contributed by atoms with van der Waals surface area (Å²) >= 11 is 1.82. The topological polar surface area (TPSA) is 82.9 Å². The fourth-order valence-electron chi connectivity index (χ4n) is 5.38. The number of rotatable bonds is 12. The highest BCUT2D eigenvalue weighted by Crippen LogP contribution is 2.35. The average Bonchev–Trinajstić information content (AvgIpc) is 3.38. The Balaban J connectivity index is 1.32. The number of fused-ring (bicyclic) bond motifs is 1. The summed E-state index contributed by atoms with van der Waals surface area (Å²) in [6.45, 7) is 2.87. The van der Waals surface area contributed by atoms with Crippen LogP contribution in [0.15, 0.2) is 48.0 Å². The van der Waals surface area contributed by atoms with Gasteiger partial charge in [0.15, 0.2) is 0 Å². The standard InChI is InChI=1S/C28H36N2O4S/c1-34-22-8-9-26-25(18-22)24(11-13-29-26)27(31)10-7-20-12-15-30(19-21(20)17-28(32)33)14-3-2-5-23-6-4-16-35-23/h4,6,8-9,11,13,16,18,20-21,27,31H,2-3,5,7,10,12,14-15,17,19H2,1H3,(H,32,33)/t20-,21+,27-/m1/s1. The van der Waals surface area contributed by atoms with E-state index in [1.54, 1.807) is 13.3 Å². The molecule has 35 heavy (non-hydrogen) atoms. The maximum atomic E-state index is 11.6. The number of aliphatic hydroxyl groups excluding tert-OH is 1. The van der Waals surface area contributed by atoms with Crippen LogP contribution in [0.25, 0.3) is 10.9 Å². The second-order valence-electron chi connectivity index (χ2n) is 9.62. The largest absolute Gasteiger partial charge is 0.497 e. The Bertz CT molecular complexity index is 1090. The van der Waals surface area contributed by atoms with Gasteiger partial charge in [-0.25, -0.2) is 0 Å². The Hall–Kier alpha value is -2.48. The molecule has 1 aromatic carbocycles. The summed E-state index contributed by atoms with van der Waals surface area (Å²) in [5.74, 6) is 0.446. The molecule has 0 unspecified atom stereocenters. The fraction of sp³-hybridized carbons (Fsp3) is 0.500. The number of carboxylic acids is 1. The molecule has 188 valence electrons. The summed E-state index contributed by atoms with van der Waals surface area (Å²) in [4.78, 5) is 19.9. The van der Waals surface area contributed by atoms with Gasteiger partial charge in [0.1, 0.15) is 5.75 Å². The molecule has 0 amide bonds. The van der Waals surface area contributed by atoms with Crippen molar-refractivity contribution >= 4 is 28.2 Å². The maximum Gasteiger partial charge on any atom is 0.303 e. The smallest absolute Gasteiger partial charge is 0.303 e. The van der Waals surface area contributed by atoms with E-state index in [0.29, 0.717) is 12.3 Å². The fourth-order valence-corrected chi connectivity index (χ4v) is 6.13. The lowest BCUT2D eigenvalue weighted by Gasteiger charge is -2.38. The van der Waals surface area contributed by atoms with Gasteiger partial charge in [-0.05, 0) is 105 Å². The van der Waals surface area contributed by atoms with Gasteiger partial charge >= 0.3 is 5.97 Å². The van der Waals surface area contributed by atoms with Gasteiger partial charge in [0.2, 0.25) is 0 Å². The minimum atomic E-state index is -0.729. The summed E-state index contributed by atoms with van der Waals surface area (Å²) in [7, 11) is 1.63. The number of pyridine rings is 1. The highest BCUT2D eigenvalue weighted by molar-refractivity contribution is 7.09. The molecule has 7 heteroatoms. The Morgan fingerprint density at radius 3 is 2.91 bits per heavy atom. The van der Waals surface area contributed by atoms with E-state index in [1.807, 2.05) is 35.6 Å². The summed E-state index contributed by atoms with van der Waals surface area (Å²) in [5, 5.41) is 23.6. The number of benzene rings is 1. The van der Waals surface area contributed by atoms with Gasteiger partial charge in [-0.2, -0.15) is 0 Å². The number of piperidine rings is 1. The molecule has 4 rings (SSSR count). The van der Waals surface area contributed by atoms with Gasteiger partial charge in [0.25, 0.3) is 0 Å². The second kappa shape index (κ2) is 12.5. The number of carboxylic acid groups (broad SMARTS) is 1. The van der Waals surface area contributed by atoms with E-state index >= 15 is 0 Å². The van der Waals surface area contributed by atoms with Crippen LogP contribution in [-0.4, -0.2) is 52.8 Å². The molecular weight excluding hydrogens is 460 g/mol. The number of unbranched alkanes of at least 4 members (excludes halogenated alkanes) is 1. The molecule has 1 aliphatic heterocycles. The first-order valence-corrected chi connectivity index (χ1v) is 13.5. The number of thiophene rings is 1. The van der Waals surface area contributed by atoms with E-state index in [0.717, 1.165) is 67.5 Å². The summed E-state index contributed by atoms with van der Waals surface area (Å²) < 4.78 is 5.36. The zero-order valence-electron chi connectivity index (χ0n) is 20.4. The lowest BCUT2D eigenvalue weighted by Crippen LogP contribution is -2.41. The van der Waals surface area contributed by atoms with Crippen molar-refractivity contribution in [3.8, 4) is 5.75 Å². The van der Waals surface area contributed by atoms with Gasteiger partial charge in [-0.1, -0.05) is 6.07 Å². The number of nitrogens with zero attached hydrogens (tertiary/aromatic N) is 2. The van der Waals surface area contributed by atoms with Gasteiger partial charge in [-0.3, -0.25) is 9.78 Å². The van der Waals surface area contributed by atoms with Crippen LogP contribution in [0.5, 0.6) is 5.75 Å². The van der Waals surface area contributed by atoms with Crippen molar-refractivity contribution < 1.29 is 19.7 Å². The van der Waals surface area contributed by atoms with Gasteiger partial charge in [0.05, 0.1) is 18.7 Å². The van der Waals surface area contributed by atoms with Crippen LogP contribution in [0.3, 0.4) is 0 Å². The van der Waals surface area contributed by atoms with E-state index in [-0.39, 0.29) is 12.3 Å². The van der Waals surface area contributed by atoms with E-state index in [4.69, 9.17) is 4.74 Å². The normalized spacial score (nSPS) is 19.6. The number of aliphatic hydroxyl groups is 1. The quantitative estimate of drug-likeness (QED) is 0.320. The Labute approximate surface area is 211 Å². The highest BCUT2D eigenvalue weighted by Gasteiger charge is 2.31. The van der Waals surface area contributed by atoms with Crippen LogP contribution in [0.4, 0.5) is 0 Å². The van der Waals surface area contributed by atoms with Gasteiger partial charge in [0, 0.05) is 29.4 Å². The Morgan fingerprint density at radius 2 is 2.14 bits per heavy atom. The number of aromatic nitrogens is 1. The Kier molecular flexibility index (Phi) is 9.12. The number of carbonyl (C=O) groups is 1. The minimum Gasteiger partial charge on any atom is -0.497 e. The molecule has 0 spiro atoms. The third-order valence-electron chi connectivity index (χ3n) is 7.29. The molecule has 0 radical (unpaired) electrons. The molecule has 2 aromatic heterocycles. The molecule has 1 saturated heterocycles. The molecule has 0 aliphatic carbocycles. The van der Waals surface area contributed by atoms with E-state index in [9.17, 15) is 15.0 Å². The number of methoxy groups -OCH3 is 1. The molecular formula is C28H36N2O4S. The van der Waals surface area contributed by atoms with Crippen LogP contribution < -0.4 is 4.74 Å². The van der Waals surface area contributed by atoms with E-state index in [2.05, 4.69) is 27.4 Å². The second-order valence-corrected chi connectivity index (χ2v) is 10.7. The zero-order valence-corrected chi connectivity index (χ0v) is 21.3. The predicted molar refractivity (Wildman–Crippen MR) is 140 cm³/mol. The molecule has 6 nitrogen and oxygen atoms in total. The molecule has 0 bridgehead atoms. The van der Waals surface area contributed by atoms with Crippen molar-refractivity contribution in [1.29, 1.82) is 0 Å². The monoisotopic (exact) mass is 496 g/mol. The molecule has 1 fully saturated rings. The lowest BCUT2D eigenvalue weighted by atomic mass is 9.79. The third kappa shape index (κ3) is 7.03. The zero-order chi connectivity index (χ0) is 24.6. The van der Waals surface area contributed by atoms with E-state index in [1.165, 1.54) is 11.3 Å². The molecule has 2 N–H and O–H groups in total. The highest BCUT2D eigenvalue weighted by atomic mass is 32.1. The first kappa shape index (κ1) is 25.6. The van der Waals surface area contributed by atoms with Crippen LogP contribution in [-0.2, 0) is 11.2 Å². The number of hydrogen-bond acceptors (Lipinski definition) is 6. The van der Waals surface area contributed by atoms with Crippen molar-refractivity contribution in [2.45, 2.75) is 51.0 Å². The number of ether oxygens (including phenoxy) is 1. The first-order chi connectivity index (χ1) is 17.0. The van der Waals surface area contributed by atoms with Gasteiger partial charge in [-0.15, -0.1) is 11.3 Å². The average molecular weight is 497 g/mol. The Morgan fingerprint density at radius 1 is 1.26 bits per heavy atom. The van der Waals surface area contributed by atoms with Crippen LogP contribution >= 0.6 is 11.3 Å². The number of aryl methyl sites for hydroxylation is 1. The number of aliphatic carboxylic acids is 1. The summed E-state index contributed by atoms with van der Waals surface area (Å²) in [6, 6.07) is 11.9. The van der Waals surface area contributed by atoms with Crippen LogP contribution in [0.2, 0.25) is 0 Å². The predicted octanol–water partition coefficient (Wildman–Crippen LogP) is 5.55. The molecule has 0 saturated carbocycles. The number of hydrogen-bond donors (Lipinski definition) is 2. The minimum absolute atomic E-state index is 0.125. The molecule has 3 aromatic rings. The van der Waals surface area contributed by atoms with Crippen molar-refractivity contribution in [2.75, 3.05) is 26.7 Å². The third-order valence-corrected chi connectivity index (χ3v) is 8.23. The first-order valence-electron chi connectivity index (χ1n) is 12.6. The molecule has 1 aliphatic rings. The lowest BCUT2D eigenvalue weighted by molar-refractivity contribution is -0.139. The summed E-state index contributed by atoms with van der Waals surface area (Å²) in [5.41, 5.74) is 1.69.